The fourth-order valence-corrected chi connectivity index (χ4v) is 7.31. The van der Waals surface area contributed by atoms with E-state index in [-0.39, 0.29) is 5.91 Å². The number of hydrogen-bond donors (Lipinski definition) is 2. The van der Waals surface area contributed by atoms with Crippen LogP contribution in [0.15, 0.2) is 18.5 Å². The number of piperazine rings is 1. The van der Waals surface area contributed by atoms with Crippen LogP contribution in [0.1, 0.15) is 16.9 Å². The summed E-state index contributed by atoms with van der Waals surface area (Å²) < 4.78 is 2.23. The highest BCUT2D eigenvalue weighted by Gasteiger charge is 2.42. The van der Waals surface area contributed by atoms with Gasteiger partial charge in [0.25, 0.3) is 0 Å². The van der Waals surface area contributed by atoms with Crippen LogP contribution in [0, 0.1) is 0 Å². The van der Waals surface area contributed by atoms with Crippen LogP contribution < -0.4 is 10.6 Å². The number of aromatic nitrogens is 2. The van der Waals surface area contributed by atoms with Gasteiger partial charge in [-0.25, -0.2) is 9.88 Å². The van der Waals surface area contributed by atoms with Crippen molar-refractivity contribution in [2.45, 2.75) is 19.4 Å². The Morgan fingerprint density at radius 2 is 2.20 bits per heavy atom. The molecule has 2 N–H and O–H groups in total. The van der Waals surface area contributed by atoms with Gasteiger partial charge in [-0.1, -0.05) is 0 Å². The highest BCUT2D eigenvalue weighted by molar-refractivity contribution is 7.22. The molecule has 3 aliphatic heterocycles. The van der Waals surface area contributed by atoms with E-state index in [1.54, 1.807) is 22.7 Å². The van der Waals surface area contributed by atoms with Crippen LogP contribution in [-0.4, -0.2) is 71.2 Å². The molecule has 3 aliphatic rings. The summed E-state index contributed by atoms with van der Waals surface area (Å²) in [6.45, 7) is 8.65. The third-order valence-electron chi connectivity index (χ3n) is 6.68. The minimum atomic E-state index is 0.128. The summed E-state index contributed by atoms with van der Waals surface area (Å²) in [5.74, 6) is 0.128. The molecule has 3 aromatic rings. The second kappa shape index (κ2) is 7.35. The maximum Gasteiger partial charge on any atom is 0.230 e. The Bertz CT molecular complexity index is 1080. The number of thiophene rings is 1. The molecule has 0 radical (unpaired) electrons. The molecule has 1 amide bonds. The fraction of sp³-hybridized carbons (Fsp3) is 0.476. The van der Waals surface area contributed by atoms with Gasteiger partial charge in [0.05, 0.1) is 50.0 Å². The Labute approximate surface area is 183 Å². The SMILES string of the molecule is O=C(CC[N+]12CCN(CC1)C2)Nc1sc2c(c1-c1nc3cnccc3s1)CCNC2. The van der Waals surface area contributed by atoms with E-state index < -0.39 is 0 Å². The largest absolute Gasteiger partial charge is 0.317 e. The molecular weight excluding hydrogens is 416 g/mol. The minimum absolute atomic E-state index is 0.128. The first-order valence-corrected chi connectivity index (χ1v) is 12.3. The van der Waals surface area contributed by atoms with Crippen molar-refractivity contribution in [3.8, 4) is 10.6 Å². The average molecular weight is 442 g/mol. The second-order valence-electron chi connectivity index (χ2n) is 8.57. The second-order valence-corrected chi connectivity index (χ2v) is 10.7. The third kappa shape index (κ3) is 3.25. The normalized spacial score (nSPS) is 25.0. The van der Waals surface area contributed by atoms with Crippen molar-refractivity contribution in [1.29, 1.82) is 0 Å². The topological polar surface area (TPSA) is 70.2 Å². The molecule has 156 valence electrons. The molecule has 0 atom stereocenters. The molecule has 2 fully saturated rings. The van der Waals surface area contributed by atoms with E-state index in [9.17, 15) is 4.79 Å². The molecule has 0 spiro atoms. The van der Waals surface area contributed by atoms with Crippen molar-refractivity contribution in [2.75, 3.05) is 51.3 Å². The number of hydrogen-bond acceptors (Lipinski definition) is 7. The summed E-state index contributed by atoms with van der Waals surface area (Å²) in [5.41, 5.74) is 3.40. The summed E-state index contributed by atoms with van der Waals surface area (Å²) in [7, 11) is 0. The summed E-state index contributed by atoms with van der Waals surface area (Å²) in [5, 5.41) is 8.68. The number of thiazole rings is 1. The van der Waals surface area contributed by atoms with Crippen molar-refractivity contribution in [3.63, 3.8) is 0 Å². The Morgan fingerprint density at radius 3 is 3.00 bits per heavy atom. The van der Waals surface area contributed by atoms with Gasteiger partial charge in [0, 0.05) is 23.2 Å². The van der Waals surface area contributed by atoms with E-state index in [2.05, 4.69) is 20.5 Å². The number of amides is 1. The zero-order valence-corrected chi connectivity index (χ0v) is 18.4. The van der Waals surface area contributed by atoms with Crippen LogP contribution in [0.2, 0.25) is 0 Å². The number of quaternary nitrogens is 1. The quantitative estimate of drug-likeness (QED) is 0.596. The lowest BCUT2D eigenvalue weighted by atomic mass is 10.0. The van der Waals surface area contributed by atoms with Gasteiger partial charge in [0.1, 0.15) is 22.2 Å². The fourth-order valence-electron chi connectivity index (χ4n) is 5.00. The molecule has 0 aliphatic carbocycles. The first-order valence-electron chi connectivity index (χ1n) is 10.6. The predicted octanol–water partition coefficient (Wildman–Crippen LogP) is 2.50. The zero-order chi connectivity index (χ0) is 20.1. The molecule has 3 aromatic heterocycles. The Hall–Kier alpha value is -1.91. The van der Waals surface area contributed by atoms with Crippen LogP contribution in [0.5, 0.6) is 0 Å². The molecule has 6 rings (SSSR count). The van der Waals surface area contributed by atoms with E-state index in [1.165, 1.54) is 36.6 Å². The number of fused-ring (bicyclic) bond motifs is 4. The average Bonchev–Trinajstić information content (AvgIpc) is 3.53. The molecule has 6 heterocycles. The van der Waals surface area contributed by atoms with E-state index >= 15 is 0 Å². The molecular formula is C21H25N6OS2+. The van der Waals surface area contributed by atoms with E-state index in [1.807, 2.05) is 18.5 Å². The number of rotatable bonds is 5. The highest BCUT2D eigenvalue weighted by Crippen LogP contribution is 2.44. The van der Waals surface area contributed by atoms with E-state index in [0.717, 1.165) is 63.0 Å². The summed E-state index contributed by atoms with van der Waals surface area (Å²) in [6.07, 6.45) is 5.18. The van der Waals surface area contributed by atoms with Crippen LogP contribution in [0.3, 0.4) is 0 Å². The lowest BCUT2D eigenvalue weighted by molar-refractivity contribution is -0.907. The van der Waals surface area contributed by atoms with Crippen LogP contribution in [0.25, 0.3) is 20.8 Å². The van der Waals surface area contributed by atoms with Gasteiger partial charge in [-0.2, -0.15) is 0 Å². The van der Waals surface area contributed by atoms with Crippen molar-refractivity contribution < 1.29 is 9.28 Å². The summed E-state index contributed by atoms with van der Waals surface area (Å²) in [6, 6.07) is 2.01. The maximum atomic E-state index is 12.9. The molecule has 9 heteroatoms. The lowest BCUT2D eigenvalue weighted by Crippen LogP contribution is -2.46. The van der Waals surface area contributed by atoms with Crippen molar-refractivity contribution >= 4 is 43.8 Å². The van der Waals surface area contributed by atoms with Crippen molar-refractivity contribution in [1.82, 2.24) is 20.2 Å². The maximum absolute atomic E-state index is 12.9. The Kier molecular flexibility index (Phi) is 4.61. The van der Waals surface area contributed by atoms with E-state index in [0.29, 0.717) is 6.42 Å². The summed E-state index contributed by atoms with van der Waals surface area (Å²) >= 11 is 3.40. The molecule has 0 saturated carbocycles. The van der Waals surface area contributed by atoms with Gasteiger partial charge in [0.2, 0.25) is 5.91 Å². The van der Waals surface area contributed by atoms with Gasteiger partial charge in [-0.3, -0.25) is 9.78 Å². The number of pyridine rings is 1. The number of carbonyl (C=O) groups is 1. The molecule has 30 heavy (non-hydrogen) atoms. The van der Waals surface area contributed by atoms with Gasteiger partial charge in [-0.15, -0.1) is 22.7 Å². The minimum Gasteiger partial charge on any atom is -0.317 e. The van der Waals surface area contributed by atoms with Crippen LogP contribution in [-0.2, 0) is 17.8 Å². The standard InChI is InChI=1S/C21H24N6OS2/c28-18(3-8-27-9-6-26(13-27)7-10-27)25-21-19(14-1-4-23-12-17(14)30-21)20-24-15-11-22-5-2-16(15)29-20/h2,5,11,23H,1,3-4,6-10,12-13H2/p+1. The molecule has 7 nitrogen and oxygen atoms in total. The predicted molar refractivity (Wildman–Crippen MR) is 121 cm³/mol. The number of carbonyl (C=O) groups excluding carboxylic acids is 1. The van der Waals surface area contributed by atoms with Crippen molar-refractivity contribution in [2.24, 2.45) is 0 Å². The lowest BCUT2D eigenvalue weighted by Gasteiger charge is -2.29. The van der Waals surface area contributed by atoms with Gasteiger partial charge in [-0.05, 0) is 24.6 Å². The summed E-state index contributed by atoms with van der Waals surface area (Å²) in [4.78, 5) is 25.8. The first kappa shape index (κ1) is 18.8. The molecule has 0 unspecified atom stereocenters. The van der Waals surface area contributed by atoms with Gasteiger partial charge >= 0.3 is 0 Å². The Morgan fingerprint density at radius 1 is 1.30 bits per heavy atom. The molecule has 2 bridgehead atoms. The van der Waals surface area contributed by atoms with Crippen molar-refractivity contribution in [3.05, 3.63) is 28.9 Å². The smallest absolute Gasteiger partial charge is 0.230 e. The number of nitrogens with one attached hydrogen (secondary N) is 2. The van der Waals surface area contributed by atoms with Gasteiger partial charge < -0.3 is 15.1 Å². The van der Waals surface area contributed by atoms with Gasteiger partial charge in [0.15, 0.2) is 0 Å². The zero-order valence-electron chi connectivity index (χ0n) is 16.8. The van der Waals surface area contributed by atoms with E-state index in [4.69, 9.17) is 4.98 Å². The number of nitrogens with zero attached hydrogens (tertiary/aromatic N) is 4. The molecule has 2 saturated heterocycles. The Balaban J connectivity index is 1.28. The molecule has 0 aromatic carbocycles. The number of anilines is 1. The van der Waals surface area contributed by atoms with Crippen LogP contribution in [0.4, 0.5) is 5.00 Å². The highest BCUT2D eigenvalue weighted by atomic mass is 32.1. The van der Waals surface area contributed by atoms with Crippen LogP contribution >= 0.6 is 22.7 Å². The monoisotopic (exact) mass is 441 g/mol. The first-order chi connectivity index (χ1) is 14.7. The third-order valence-corrected chi connectivity index (χ3v) is 8.88.